The molecular weight excluding hydrogens is 392 g/mol. The molecule has 2 aromatic carbocycles. The highest BCUT2D eigenvalue weighted by molar-refractivity contribution is 5.92. The third-order valence-electron chi connectivity index (χ3n) is 5.37. The largest absolute Gasteiger partial charge is 0.497 e. The molecule has 0 saturated heterocycles. The number of carbonyl (C=O) groups excluding carboxylic acids is 1. The highest BCUT2D eigenvalue weighted by atomic mass is 16.5. The minimum atomic E-state index is -0.0112. The molecule has 0 aliphatic heterocycles. The first-order valence-electron chi connectivity index (χ1n) is 10.3. The van der Waals surface area contributed by atoms with Gasteiger partial charge in [0.05, 0.1) is 19.2 Å². The molecule has 0 aliphatic rings. The van der Waals surface area contributed by atoms with E-state index >= 15 is 0 Å². The Hall–Kier alpha value is -3.61. The Morgan fingerprint density at radius 3 is 2.58 bits per heavy atom. The van der Waals surface area contributed by atoms with Crippen molar-refractivity contribution in [2.75, 3.05) is 20.3 Å². The molecule has 0 atom stereocenters. The van der Waals surface area contributed by atoms with Gasteiger partial charge in [0.15, 0.2) is 5.65 Å². The third-order valence-corrected chi connectivity index (χ3v) is 5.37. The van der Waals surface area contributed by atoms with E-state index in [9.17, 15) is 4.79 Å². The number of nitrogens with one attached hydrogen (secondary N) is 1. The summed E-state index contributed by atoms with van der Waals surface area (Å²) in [4.78, 5) is 17.1. The van der Waals surface area contributed by atoms with Crippen LogP contribution in [0.3, 0.4) is 0 Å². The highest BCUT2D eigenvalue weighted by Gasteiger charge is 2.14. The van der Waals surface area contributed by atoms with Crippen LogP contribution < -0.4 is 14.8 Å². The Labute approximate surface area is 181 Å². The number of carbonyl (C=O) groups is 1. The Morgan fingerprint density at radius 2 is 1.81 bits per heavy atom. The van der Waals surface area contributed by atoms with Gasteiger partial charge < -0.3 is 14.8 Å². The Balaban J connectivity index is 1.33. The lowest BCUT2D eigenvalue weighted by Gasteiger charge is -2.12. The minimum absolute atomic E-state index is 0.0112. The van der Waals surface area contributed by atoms with Gasteiger partial charge in [-0.15, -0.1) is 0 Å². The first-order valence-corrected chi connectivity index (χ1v) is 10.3. The van der Waals surface area contributed by atoms with Gasteiger partial charge in [-0.25, -0.2) is 9.50 Å². The lowest BCUT2D eigenvalue weighted by Crippen LogP contribution is -2.28. The molecule has 7 heteroatoms. The second-order valence-electron chi connectivity index (χ2n) is 7.39. The van der Waals surface area contributed by atoms with Crippen LogP contribution in [0.5, 0.6) is 11.5 Å². The number of hydrogen-bond acceptors (Lipinski definition) is 5. The van der Waals surface area contributed by atoms with Gasteiger partial charge in [0.25, 0.3) is 0 Å². The topological polar surface area (TPSA) is 77.8 Å². The number of hydrogen-bond donors (Lipinski definition) is 1. The smallest absolute Gasteiger partial charge is 0.220 e. The molecule has 31 heavy (non-hydrogen) atoms. The molecular formula is C24H26N4O3. The molecule has 1 amide bonds. The van der Waals surface area contributed by atoms with Crippen LogP contribution in [0.1, 0.15) is 23.4 Å². The number of benzene rings is 2. The van der Waals surface area contributed by atoms with Gasteiger partial charge in [-0.3, -0.25) is 4.79 Å². The third kappa shape index (κ3) is 4.45. The number of fused-ring (bicyclic) bond motifs is 3. The molecule has 7 nitrogen and oxygen atoms in total. The van der Waals surface area contributed by atoms with Crippen molar-refractivity contribution in [1.82, 2.24) is 19.9 Å². The van der Waals surface area contributed by atoms with E-state index in [4.69, 9.17) is 14.5 Å². The maximum Gasteiger partial charge on any atom is 0.220 e. The molecule has 160 valence electrons. The predicted octanol–water partition coefficient (Wildman–Crippen LogP) is 3.64. The Bertz CT molecular complexity index is 1220. The fourth-order valence-corrected chi connectivity index (χ4v) is 3.70. The van der Waals surface area contributed by atoms with Gasteiger partial charge in [0.2, 0.25) is 5.91 Å². The van der Waals surface area contributed by atoms with Crippen LogP contribution in [0.2, 0.25) is 0 Å². The van der Waals surface area contributed by atoms with Crippen LogP contribution in [0.15, 0.2) is 48.5 Å². The van der Waals surface area contributed by atoms with Crippen molar-refractivity contribution in [2.45, 2.75) is 26.7 Å². The van der Waals surface area contributed by atoms with Crippen molar-refractivity contribution >= 4 is 22.5 Å². The number of ether oxygens (including phenoxy) is 2. The van der Waals surface area contributed by atoms with E-state index in [1.54, 1.807) is 7.11 Å². The summed E-state index contributed by atoms with van der Waals surface area (Å²) in [6.07, 6.45) is 1.00. The zero-order chi connectivity index (χ0) is 21.8. The summed E-state index contributed by atoms with van der Waals surface area (Å²) in [6.45, 7) is 4.88. The molecule has 0 radical (unpaired) electrons. The maximum absolute atomic E-state index is 12.3. The van der Waals surface area contributed by atoms with Crippen molar-refractivity contribution in [3.63, 3.8) is 0 Å². The van der Waals surface area contributed by atoms with E-state index in [-0.39, 0.29) is 5.91 Å². The van der Waals surface area contributed by atoms with Crippen LogP contribution in [0.25, 0.3) is 16.6 Å². The quantitative estimate of drug-likeness (QED) is 0.442. The Kier molecular flexibility index (Phi) is 6.02. The number of nitrogens with zero attached hydrogens (tertiary/aromatic N) is 3. The van der Waals surface area contributed by atoms with Gasteiger partial charge >= 0.3 is 0 Å². The van der Waals surface area contributed by atoms with Gasteiger partial charge in [-0.1, -0.05) is 12.1 Å². The fraction of sp³-hybridized carbons (Fsp3) is 0.292. The summed E-state index contributed by atoms with van der Waals surface area (Å²) < 4.78 is 12.6. The highest BCUT2D eigenvalue weighted by Crippen LogP contribution is 2.23. The standard InChI is InChI=1S/C24H26N4O3/c1-16-20(17(2)28-24(26-16)21-6-4-5-7-22(21)27-28)12-13-23(29)25-14-15-31-19-10-8-18(30-3)9-11-19/h4-11H,12-15H2,1-3H3,(H,25,29). The number of aromatic nitrogens is 3. The number of aryl methyl sites for hydroxylation is 2. The average molecular weight is 418 g/mol. The van der Waals surface area contributed by atoms with Crippen molar-refractivity contribution < 1.29 is 14.3 Å². The van der Waals surface area contributed by atoms with Crippen LogP contribution in [-0.2, 0) is 11.2 Å². The molecule has 0 unspecified atom stereocenters. The molecule has 0 fully saturated rings. The zero-order valence-electron chi connectivity index (χ0n) is 18.0. The number of rotatable bonds is 8. The molecule has 0 spiro atoms. The summed E-state index contributed by atoms with van der Waals surface area (Å²) >= 11 is 0. The van der Waals surface area contributed by atoms with Crippen molar-refractivity contribution in [3.8, 4) is 11.5 Å². The molecule has 0 aliphatic carbocycles. The lowest BCUT2D eigenvalue weighted by molar-refractivity contribution is -0.121. The van der Waals surface area contributed by atoms with Gasteiger partial charge in [-0.05, 0) is 62.2 Å². The summed E-state index contributed by atoms with van der Waals surface area (Å²) in [5, 5.41) is 8.62. The van der Waals surface area contributed by atoms with E-state index in [2.05, 4.69) is 10.4 Å². The van der Waals surface area contributed by atoms with Crippen LogP contribution in [0.4, 0.5) is 0 Å². The maximum atomic E-state index is 12.3. The average Bonchev–Trinajstić information content (AvgIpc) is 3.16. The number of methoxy groups -OCH3 is 1. The monoisotopic (exact) mass is 418 g/mol. The molecule has 4 rings (SSSR count). The van der Waals surface area contributed by atoms with Crippen LogP contribution in [-0.4, -0.2) is 40.8 Å². The summed E-state index contributed by atoms with van der Waals surface area (Å²) in [5.74, 6) is 1.51. The summed E-state index contributed by atoms with van der Waals surface area (Å²) in [6, 6.07) is 15.3. The van der Waals surface area contributed by atoms with Crippen molar-refractivity contribution in [1.29, 1.82) is 0 Å². The van der Waals surface area contributed by atoms with E-state index in [0.29, 0.717) is 26.0 Å². The molecule has 1 N–H and O–H groups in total. The molecule has 0 saturated carbocycles. The van der Waals surface area contributed by atoms with Crippen LogP contribution in [0, 0.1) is 13.8 Å². The lowest BCUT2D eigenvalue weighted by atomic mass is 10.1. The first-order chi connectivity index (χ1) is 15.1. The van der Waals surface area contributed by atoms with E-state index < -0.39 is 0 Å². The predicted molar refractivity (Wildman–Crippen MR) is 120 cm³/mol. The molecule has 4 aromatic rings. The van der Waals surface area contributed by atoms with Crippen molar-refractivity contribution in [2.24, 2.45) is 0 Å². The van der Waals surface area contributed by atoms with Crippen LogP contribution >= 0.6 is 0 Å². The van der Waals surface area contributed by atoms with Gasteiger partial charge in [-0.2, -0.15) is 5.10 Å². The first kappa shape index (κ1) is 20.7. The molecule has 2 heterocycles. The van der Waals surface area contributed by atoms with E-state index in [1.165, 1.54) is 0 Å². The fourth-order valence-electron chi connectivity index (χ4n) is 3.70. The van der Waals surface area contributed by atoms with Gasteiger partial charge in [0.1, 0.15) is 18.1 Å². The second-order valence-corrected chi connectivity index (χ2v) is 7.39. The normalized spacial score (nSPS) is 11.1. The number of amides is 1. The molecule has 2 aromatic heterocycles. The SMILES string of the molecule is COc1ccc(OCCNC(=O)CCc2c(C)nc3c4ccccc4nn3c2C)cc1. The van der Waals surface area contributed by atoms with E-state index in [0.717, 1.165) is 45.0 Å². The van der Waals surface area contributed by atoms with Gasteiger partial charge in [0, 0.05) is 23.2 Å². The second kappa shape index (κ2) is 9.04. The van der Waals surface area contributed by atoms with Crippen molar-refractivity contribution in [3.05, 3.63) is 65.5 Å². The van der Waals surface area contributed by atoms with E-state index in [1.807, 2.05) is 66.9 Å². The summed E-state index contributed by atoms with van der Waals surface area (Å²) in [5.41, 5.74) is 4.80. The molecule has 0 bridgehead atoms. The summed E-state index contributed by atoms with van der Waals surface area (Å²) in [7, 11) is 1.62. The minimum Gasteiger partial charge on any atom is -0.497 e. The zero-order valence-corrected chi connectivity index (χ0v) is 18.0. The Morgan fingerprint density at radius 1 is 1.06 bits per heavy atom.